The van der Waals surface area contributed by atoms with Gasteiger partial charge >= 0.3 is 6.18 Å². The zero-order chi connectivity index (χ0) is 19.7. The average Bonchev–Trinajstić information content (AvgIpc) is 3.20. The Balaban J connectivity index is 0.00000160. The molecule has 2 aromatic rings. The highest BCUT2D eigenvalue weighted by Crippen LogP contribution is 2.38. The summed E-state index contributed by atoms with van der Waals surface area (Å²) in [5.74, 6) is 0.0654. The van der Waals surface area contributed by atoms with Gasteiger partial charge in [0.05, 0.1) is 36.8 Å². The summed E-state index contributed by atoms with van der Waals surface area (Å²) < 4.78 is 50.8. The van der Waals surface area contributed by atoms with E-state index in [4.69, 9.17) is 9.47 Å². The van der Waals surface area contributed by atoms with Crippen molar-refractivity contribution in [3.05, 3.63) is 35.4 Å². The molecule has 0 saturated carbocycles. The fraction of sp³-hybridized carbons (Fsp3) is 0.500. The van der Waals surface area contributed by atoms with E-state index in [1.54, 1.807) is 0 Å². The second-order valence-corrected chi connectivity index (χ2v) is 6.76. The van der Waals surface area contributed by atoms with E-state index >= 15 is 0 Å². The van der Waals surface area contributed by atoms with Crippen LogP contribution < -0.4 is 19.7 Å². The molecule has 166 valence electrons. The van der Waals surface area contributed by atoms with Crippen molar-refractivity contribution in [3.8, 4) is 11.8 Å². The van der Waals surface area contributed by atoms with Gasteiger partial charge in [-0.2, -0.15) is 13.2 Å². The van der Waals surface area contributed by atoms with E-state index in [-0.39, 0.29) is 30.9 Å². The minimum absolute atomic E-state index is 0. The number of aromatic nitrogens is 3. The van der Waals surface area contributed by atoms with Gasteiger partial charge in [0.15, 0.2) is 0 Å². The fourth-order valence-electron chi connectivity index (χ4n) is 3.50. The Morgan fingerprint density at radius 1 is 1.17 bits per heavy atom. The van der Waals surface area contributed by atoms with E-state index in [0.717, 1.165) is 36.8 Å². The van der Waals surface area contributed by atoms with E-state index < -0.39 is 17.6 Å². The lowest BCUT2D eigenvalue weighted by atomic mass is 10.1. The Bertz CT molecular complexity index is 866. The van der Waals surface area contributed by atoms with Crippen LogP contribution in [-0.4, -0.2) is 47.8 Å². The molecular weight excluding hydrogens is 446 g/mol. The first kappa shape index (κ1) is 24.2. The lowest BCUT2D eigenvalue weighted by molar-refractivity contribution is -0.139. The molecule has 0 aromatic carbocycles. The molecule has 0 aliphatic carbocycles. The van der Waals surface area contributed by atoms with Gasteiger partial charge in [-0.25, -0.2) is 15.0 Å². The first-order chi connectivity index (χ1) is 13.5. The summed E-state index contributed by atoms with van der Waals surface area (Å²) in [5.41, 5.74) is 1.15. The molecule has 1 saturated heterocycles. The third kappa shape index (κ3) is 4.98. The van der Waals surface area contributed by atoms with Crippen molar-refractivity contribution >= 4 is 30.5 Å². The molecular formula is C18H22Cl2F3N5O2. The molecule has 0 amide bonds. The highest BCUT2D eigenvalue weighted by atomic mass is 35.5. The summed E-state index contributed by atoms with van der Waals surface area (Å²) in [6.45, 7) is 2.53. The highest BCUT2D eigenvalue weighted by molar-refractivity contribution is 5.85. The molecule has 1 fully saturated rings. The van der Waals surface area contributed by atoms with Crippen LogP contribution in [0.15, 0.2) is 18.6 Å². The Hall–Kier alpha value is -2.04. The molecule has 2 aromatic heterocycles. The average molecular weight is 468 g/mol. The predicted molar refractivity (Wildman–Crippen MR) is 109 cm³/mol. The second-order valence-electron chi connectivity index (χ2n) is 6.76. The first-order valence-corrected chi connectivity index (χ1v) is 9.02. The lowest BCUT2D eigenvalue weighted by Gasteiger charge is -2.31. The van der Waals surface area contributed by atoms with Crippen LogP contribution in [0.1, 0.15) is 23.2 Å². The quantitative estimate of drug-likeness (QED) is 0.740. The standard InChI is InChI=1S/C18H20F3N5O2.2ClH/c1-27-17-14(18(19,20)21)6-11(7-23-17)26-5-3-15-13(9-26)16(25-10-24-15)28-12-2-4-22-8-12;;/h6-7,10,12,22H,2-5,8-9H2,1H3;2*1H/t12-;;/m0../s1. The maximum atomic E-state index is 13.3. The van der Waals surface area contributed by atoms with Crippen LogP contribution in [0.2, 0.25) is 0 Å². The summed E-state index contributed by atoms with van der Waals surface area (Å²) in [6, 6.07) is 1.07. The molecule has 0 unspecified atom stereocenters. The number of nitrogens with zero attached hydrogens (tertiary/aromatic N) is 4. The van der Waals surface area contributed by atoms with Crippen LogP contribution in [0.25, 0.3) is 0 Å². The number of hydrogen-bond acceptors (Lipinski definition) is 7. The smallest absolute Gasteiger partial charge is 0.421 e. The van der Waals surface area contributed by atoms with E-state index in [1.165, 1.54) is 19.6 Å². The Kier molecular flexibility index (Phi) is 7.95. The van der Waals surface area contributed by atoms with Crippen LogP contribution in [0.5, 0.6) is 11.8 Å². The zero-order valence-corrected chi connectivity index (χ0v) is 17.7. The molecule has 2 aliphatic heterocycles. The van der Waals surface area contributed by atoms with Crippen LogP contribution >= 0.6 is 24.8 Å². The molecule has 7 nitrogen and oxygen atoms in total. The van der Waals surface area contributed by atoms with Crippen molar-refractivity contribution in [2.75, 3.05) is 31.6 Å². The van der Waals surface area contributed by atoms with Crippen LogP contribution in [0.4, 0.5) is 18.9 Å². The molecule has 1 N–H and O–H groups in total. The highest BCUT2D eigenvalue weighted by Gasteiger charge is 2.36. The number of ether oxygens (including phenoxy) is 2. The van der Waals surface area contributed by atoms with Gasteiger partial charge in [-0.1, -0.05) is 0 Å². The van der Waals surface area contributed by atoms with Crippen LogP contribution in [0.3, 0.4) is 0 Å². The van der Waals surface area contributed by atoms with Gasteiger partial charge in [0, 0.05) is 19.5 Å². The zero-order valence-electron chi connectivity index (χ0n) is 16.1. The van der Waals surface area contributed by atoms with Crippen molar-refractivity contribution in [1.29, 1.82) is 0 Å². The molecule has 30 heavy (non-hydrogen) atoms. The maximum Gasteiger partial charge on any atom is 0.421 e. The summed E-state index contributed by atoms with van der Waals surface area (Å²) >= 11 is 0. The molecule has 1 atom stereocenters. The van der Waals surface area contributed by atoms with Gasteiger partial charge < -0.3 is 19.7 Å². The van der Waals surface area contributed by atoms with Crippen molar-refractivity contribution in [3.63, 3.8) is 0 Å². The minimum Gasteiger partial charge on any atom is -0.481 e. The number of pyridine rings is 1. The summed E-state index contributed by atoms with van der Waals surface area (Å²) in [5, 5.41) is 3.23. The van der Waals surface area contributed by atoms with Crippen LogP contribution in [-0.2, 0) is 19.1 Å². The van der Waals surface area contributed by atoms with E-state index in [9.17, 15) is 13.2 Å². The first-order valence-electron chi connectivity index (χ1n) is 9.02. The monoisotopic (exact) mass is 467 g/mol. The number of anilines is 1. The number of hydrogen-bond donors (Lipinski definition) is 1. The molecule has 0 radical (unpaired) electrons. The molecule has 4 rings (SSSR count). The number of nitrogens with one attached hydrogen (secondary N) is 1. The Morgan fingerprint density at radius 2 is 1.97 bits per heavy atom. The van der Waals surface area contributed by atoms with E-state index in [1.807, 2.05) is 4.90 Å². The lowest BCUT2D eigenvalue weighted by Crippen LogP contribution is -2.32. The topological polar surface area (TPSA) is 72.4 Å². The number of rotatable bonds is 4. The SMILES string of the molecule is COc1ncc(N2CCc3ncnc(O[C@H]4CCNC4)c3C2)cc1C(F)(F)F.Cl.Cl. The van der Waals surface area contributed by atoms with Gasteiger partial charge in [0.1, 0.15) is 18.0 Å². The third-order valence-corrected chi connectivity index (χ3v) is 4.96. The number of methoxy groups -OCH3 is 1. The molecule has 2 aliphatic rings. The number of alkyl halides is 3. The van der Waals surface area contributed by atoms with Gasteiger partial charge in [0.25, 0.3) is 0 Å². The van der Waals surface area contributed by atoms with Crippen molar-refractivity contribution in [1.82, 2.24) is 20.3 Å². The Morgan fingerprint density at radius 3 is 2.63 bits per heavy atom. The fourth-order valence-corrected chi connectivity index (χ4v) is 3.50. The van der Waals surface area contributed by atoms with E-state index in [0.29, 0.717) is 31.1 Å². The normalized spacial score (nSPS) is 18.1. The largest absolute Gasteiger partial charge is 0.481 e. The molecule has 12 heteroatoms. The van der Waals surface area contributed by atoms with Gasteiger partial charge in [0.2, 0.25) is 11.8 Å². The number of halogens is 5. The van der Waals surface area contributed by atoms with Crippen molar-refractivity contribution in [2.45, 2.75) is 31.7 Å². The third-order valence-electron chi connectivity index (χ3n) is 4.96. The molecule has 4 heterocycles. The van der Waals surface area contributed by atoms with Crippen molar-refractivity contribution in [2.24, 2.45) is 0 Å². The van der Waals surface area contributed by atoms with Crippen molar-refractivity contribution < 1.29 is 22.6 Å². The predicted octanol–water partition coefficient (Wildman–Crippen LogP) is 3.05. The summed E-state index contributed by atoms with van der Waals surface area (Å²) in [4.78, 5) is 14.3. The number of fused-ring (bicyclic) bond motifs is 1. The molecule has 0 spiro atoms. The second kappa shape index (κ2) is 9.84. The van der Waals surface area contributed by atoms with Gasteiger partial charge in [-0.3, -0.25) is 0 Å². The minimum atomic E-state index is -4.55. The van der Waals surface area contributed by atoms with Crippen LogP contribution in [0, 0.1) is 0 Å². The summed E-state index contributed by atoms with van der Waals surface area (Å²) in [7, 11) is 1.17. The molecule has 0 bridgehead atoms. The maximum absolute atomic E-state index is 13.3. The Labute approximate surface area is 184 Å². The van der Waals surface area contributed by atoms with Gasteiger partial charge in [-0.05, 0) is 19.0 Å². The van der Waals surface area contributed by atoms with E-state index in [2.05, 4.69) is 20.3 Å². The summed E-state index contributed by atoms with van der Waals surface area (Å²) in [6.07, 6.45) is -0.166. The van der Waals surface area contributed by atoms with Gasteiger partial charge in [-0.15, -0.1) is 24.8 Å².